The van der Waals surface area contributed by atoms with E-state index in [1.54, 1.807) is 7.11 Å². The van der Waals surface area contributed by atoms with Crippen molar-refractivity contribution in [2.45, 2.75) is 63.6 Å². The molecule has 0 radical (unpaired) electrons. The van der Waals surface area contributed by atoms with Gasteiger partial charge in [0.05, 0.1) is 13.2 Å². The average molecular weight is 277 g/mol. The Morgan fingerprint density at radius 1 is 1.20 bits per heavy atom. The smallest absolute Gasteiger partial charge is 0.118 e. The van der Waals surface area contributed by atoms with E-state index in [1.807, 2.05) is 12.1 Å². The highest BCUT2D eigenvalue weighted by Gasteiger charge is 2.20. The van der Waals surface area contributed by atoms with Crippen LogP contribution in [0.5, 0.6) is 5.75 Å². The SMILES string of the molecule is COc1ccc(CC[C@H](C)NC2CCC(O)CC2)cc1. The van der Waals surface area contributed by atoms with E-state index < -0.39 is 0 Å². The molecule has 0 bridgehead atoms. The molecular formula is C17H27NO2. The Morgan fingerprint density at radius 3 is 2.45 bits per heavy atom. The monoisotopic (exact) mass is 277 g/mol. The van der Waals surface area contributed by atoms with Crippen molar-refractivity contribution in [2.75, 3.05) is 7.11 Å². The molecule has 0 heterocycles. The van der Waals surface area contributed by atoms with Gasteiger partial charge >= 0.3 is 0 Å². The van der Waals surface area contributed by atoms with Gasteiger partial charge in [-0.1, -0.05) is 12.1 Å². The minimum absolute atomic E-state index is 0.0670. The third kappa shape index (κ3) is 4.80. The molecule has 1 atom stereocenters. The molecule has 1 saturated carbocycles. The van der Waals surface area contributed by atoms with Crippen molar-refractivity contribution in [3.8, 4) is 5.75 Å². The Labute approximate surface area is 122 Å². The Morgan fingerprint density at radius 2 is 1.85 bits per heavy atom. The first-order valence-corrected chi connectivity index (χ1v) is 7.74. The number of methoxy groups -OCH3 is 1. The Balaban J connectivity index is 1.70. The van der Waals surface area contributed by atoms with Gasteiger partial charge in [-0.05, 0) is 63.1 Å². The van der Waals surface area contributed by atoms with E-state index in [9.17, 15) is 5.11 Å². The average Bonchev–Trinajstić information content (AvgIpc) is 2.48. The number of aryl methyl sites for hydroxylation is 1. The van der Waals surface area contributed by atoms with Crippen LogP contribution in [0.25, 0.3) is 0 Å². The lowest BCUT2D eigenvalue weighted by Crippen LogP contribution is -2.40. The fraction of sp³-hybridized carbons (Fsp3) is 0.647. The molecule has 0 aliphatic heterocycles. The largest absolute Gasteiger partial charge is 0.497 e. The molecular weight excluding hydrogens is 250 g/mol. The van der Waals surface area contributed by atoms with Crippen LogP contribution in [0.15, 0.2) is 24.3 Å². The summed E-state index contributed by atoms with van der Waals surface area (Å²) in [6, 6.07) is 9.44. The minimum Gasteiger partial charge on any atom is -0.497 e. The molecule has 0 saturated heterocycles. The van der Waals surface area contributed by atoms with Crippen LogP contribution in [-0.2, 0) is 6.42 Å². The second-order valence-corrected chi connectivity index (χ2v) is 5.96. The van der Waals surface area contributed by atoms with Crippen LogP contribution in [0.1, 0.15) is 44.6 Å². The summed E-state index contributed by atoms with van der Waals surface area (Å²) in [5.41, 5.74) is 1.36. The van der Waals surface area contributed by atoms with Gasteiger partial charge < -0.3 is 15.2 Å². The van der Waals surface area contributed by atoms with E-state index in [0.717, 1.165) is 44.3 Å². The molecule has 1 aromatic rings. The van der Waals surface area contributed by atoms with Crippen LogP contribution in [0, 0.1) is 0 Å². The van der Waals surface area contributed by atoms with Crippen molar-refractivity contribution in [1.29, 1.82) is 0 Å². The van der Waals surface area contributed by atoms with E-state index in [1.165, 1.54) is 5.56 Å². The van der Waals surface area contributed by atoms with Gasteiger partial charge in [-0.15, -0.1) is 0 Å². The fourth-order valence-electron chi connectivity index (χ4n) is 2.90. The van der Waals surface area contributed by atoms with Crippen LogP contribution in [0.3, 0.4) is 0 Å². The molecule has 0 spiro atoms. The summed E-state index contributed by atoms with van der Waals surface area (Å²) in [7, 11) is 1.70. The molecule has 1 aromatic carbocycles. The van der Waals surface area contributed by atoms with Crippen molar-refractivity contribution in [2.24, 2.45) is 0 Å². The molecule has 20 heavy (non-hydrogen) atoms. The molecule has 0 unspecified atom stereocenters. The molecule has 0 amide bonds. The maximum atomic E-state index is 9.52. The number of rotatable bonds is 6. The summed E-state index contributed by atoms with van der Waals surface area (Å²) in [5.74, 6) is 0.917. The first-order valence-electron chi connectivity index (χ1n) is 7.74. The van der Waals surface area contributed by atoms with Gasteiger partial charge in [0.1, 0.15) is 5.75 Å². The van der Waals surface area contributed by atoms with Gasteiger partial charge in [0.15, 0.2) is 0 Å². The number of aliphatic hydroxyl groups excluding tert-OH is 1. The van der Waals surface area contributed by atoms with E-state index in [-0.39, 0.29) is 6.10 Å². The van der Waals surface area contributed by atoms with E-state index in [4.69, 9.17) is 4.74 Å². The quantitative estimate of drug-likeness (QED) is 0.840. The third-order valence-electron chi connectivity index (χ3n) is 4.24. The molecule has 1 fully saturated rings. The van der Waals surface area contributed by atoms with Crippen LogP contribution < -0.4 is 10.1 Å². The van der Waals surface area contributed by atoms with Crippen molar-refractivity contribution in [1.82, 2.24) is 5.32 Å². The summed E-state index contributed by atoms with van der Waals surface area (Å²) in [6.45, 7) is 2.26. The van der Waals surface area contributed by atoms with Gasteiger partial charge in [-0.2, -0.15) is 0 Å². The van der Waals surface area contributed by atoms with Gasteiger partial charge in [0.25, 0.3) is 0 Å². The summed E-state index contributed by atoms with van der Waals surface area (Å²) in [4.78, 5) is 0. The topological polar surface area (TPSA) is 41.5 Å². The number of nitrogens with one attached hydrogen (secondary N) is 1. The van der Waals surface area contributed by atoms with E-state index in [0.29, 0.717) is 12.1 Å². The zero-order valence-electron chi connectivity index (χ0n) is 12.6. The first-order chi connectivity index (χ1) is 9.67. The Kier molecular flexibility index (Phi) is 5.86. The predicted octanol–water partition coefficient (Wildman–Crippen LogP) is 2.91. The third-order valence-corrected chi connectivity index (χ3v) is 4.24. The van der Waals surface area contributed by atoms with Crippen LogP contribution >= 0.6 is 0 Å². The highest BCUT2D eigenvalue weighted by Crippen LogP contribution is 2.19. The minimum atomic E-state index is -0.0670. The highest BCUT2D eigenvalue weighted by molar-refractivity contribution is 5.27. The molecule has 2 rings (SSSR count). The molecule has 1 aliphatic carbocycles. The highest BCUT2D eigenvalue weighted by atomic mass is 16.5. The maximum absolute atomic E-state index is 9.52. The number of benzene rings is 1. The molecule has 3 nitrogen and oxygen atoms in total. The summed E-state index contributed by atoms with van der Waals surface area (Å²) < 4.78 is 5.17. The normalized spacial score (nSPS) is 24.4. The predicted molar refractivity (Wildman–Crippen MR) is 82.2 cm³/mol. The number of hydrogen-bond acceptors (Lipinski definition) is 3. The second kappa shape index (κ2) is 7.65. The van der Waals surface area contributed by atoms with Crippen LogP contribution in [-0.4, -0.2) is 30.4 Å². The van der Waals surface area contributed by atoms with E-state index in [2.05, 4.69) is 24.4 Å². The van der Waals surface area contributed by atoms with Crippen molar-refractivity contribution >= 4 is 0 Å². The summed E-state index contributed by atoms with van der Waals surface area (Å²) in [5, 5.41) is 13.2. The zero-order valence-corrected chi connectivity index (χ0v) is 12.6. The standard InChI is InChI=1S/C17H27NO2/c1-13(18-15-7-9-16(19)10-8-15)3-4-14-5-11-17(20-2)12-6-14/h5-6,11-13,15-16,18-19H,3-4,7-10H2,1-2H3/t13-,15?,16?/m0/s1. The van der Waals surface area contributed by atoms with Crippen LogP contribution in [0.4, 0.5) is 0 Å². The van der Waals surface area contributed by atoms with Crippen LogP contribution in [0.2, 0.25) is 0 Å². The number of hydrogen-bond donors (Lipinski definition) is 2. The van der Waals surface area contributed by atoms with Gasteiger partial charge in [-0.25, -0.2) is 0 Å². The van der Waals surface area contributed by atoms with Gasteiger partial charge in [0, 0.05) is 12.1 Å². The molecule has 112 valence electrons. The molecule has 3 heteroatoms. The second-order valence-electron chi connectivity index (χ2n) is 5.96. The number of aliphatic hydroxyl groups is 1. The Hall–Kier alpha value is -1.06. The van der Waals surface area contributed by atoms with Crippen molar-refractivity contribution in [3.63, 3.8) is 0 Å². The van der Waals surface area contributed by atoms with Crippen molar-refractivity contribution < 1.29 is 9.84 Å². The summed E-state index contributed by atoms with van der Waals surface area (Å²) >= 11 is 0. The van der Waals surface area contributed by atoms with Gasteiger partial charge in [0.2, 0.25) is 0 Å². The molecule has 2 N–H and O–H groups in total. The number of ether oxygens (including phenoxy) is 1. The first kappa shape index (κ1) is 15.3. The molecule has 0 aromatic heterocycles. The van der Waals surface area contributed by atoms with Crippen molar-refractivity contribution in [3.05, 3.63) is 29.8 Å². The lowest BCUT2D eigenvalue weighted by Gasteiger charge is -2.29. The zero-order chi connectivity index (χ0) is 14.4. The maximum Gasteiger partial charge on any atom is 0.118 e. The van der Waals surface area contributed by atoms with E-state index >= 15 is 0 Å². The summed E-state index contributed by atoms with van der Waals surface area (Å²) in [6.07, 6.45) is 6.27. The fourth-order valence-corrected chi connectivity index (χ4v) is 2.90. The van der Waals surface area contributed by atoms with Gasteiger partial charge in [-0.3, -0.25) is 0 Å². The lowest BCUT2D eigenvalue weighted by molar-refractivity contribution is 0.114. The molecule has 1 aliphatic rings. The Bertz CT molecular complexity index is 382. The lowest BCUT2D eigenvalue weighted by atomic mass is 9.92.